The van der Waals surface area contributed by atoms with E-state index in [4.69, 9.17) is 10.2 Å². The molecule has 0 amide bonds. The van der Waals surface area contributed by atoms with Crippen LogP contribution in [0.3, 0.4) is 0 Å². The van der Waals surface area contributed by atoms with Crippen LogP contribution >= 0.6 is 11.8 Å². The zero-order valence-corrected chi connectivity index (χ0v) is 11.2. The normalized spacial score (nSPS) is 12.1. The van der Waals surface area contributed by atoms with Crippen molar-refractivity contribution in [2.45, 2.75) is 24.3 Å². The summed E-state index contributed by atoms with van der Waals surface area (Å²) in [4.78, 5) is 21.3. The topological polar surface area (TPSA) is 101 Å². The number of carboxylic acids is 1. The van der Waals surface area contributed by atoms with Gasteiger partial charge in [0.25, 0.3) is 5.69 Å². The predicted octanol–water partition coefficient (Wildman–Crippen LogP) is 2.30. The van der Waals surface area contributed by atoms with E-state index in [1.807, 2.05) is 6.92 Å². The van der Waals surface area contributed by atoms with Gasteiger partial charge in [-0.1, -0.05) is 19.1 Å². The Bertz CT molecular complexity index is 477. The van der Waals surface area contributed by atoms with E-state index in [0.29, 0.717) is 17.7 Å². The number of carbonyl (C=O) groups is 1. The fraction of sp³-hybridized carbons (Fsp3) is 0.417. The Morgan fingerprint density at radius 2 is 2.21 bits per heavy atom. The summed E-state index contributed by atoms with van der Waals surface area (Å²) >= 11 is 1.46. The van der Waals surface area contributed by atoms with Crippen molar-refractivity contribution in [1.82, 2.24) is 0 Å². The van der Waals surface area contributed by atoms with Gasteiger partial charge in [-0.25, -0.2) is 4.79 Å². The number of aliphatic hydroxyl groups is 1. The number of thioether (sulfide) groups is 1. The van der Waals surface area contributed by atoms with Gasteiger partial charge in [-0.3, -0.25) is 10.1 Å². The van der Waals surface area contributed by atoms with Gasteiger partial charge in [-0.2, -0.15) is 11.8 Å². The molecular formula is C12H15NO5S. The van der Waals surface area contributed by atoms with Crippen molar-refractivity contribution >= 4 is 23.4 Å². The van der Waals surface area contributed by atoms with Gasteiger partial charge in [0.15, 0.2) is 0 Å². The van der Waals surface area contributed by atoms with Gasteiger partial charge < -0.3 is 10.2 Å². The first-order chi connectivity index (χ1) is 8.97. The van der Waals surface area contributed by atoms with E-state index in [0.717, 1.165) is 0 Å². The highest BCUT2D eigenvalue weighted by atomic mass is 32.2. The van der Waals surface area contributed by atoms with Crippen molar-refractivity contribution in [2.24, 2.45) is 0 Å². The Morgan fingerprint density at radius 3 is 2.74 bits per heavy atom. The largest absolute Gasteiger partial charge is 0.477 e. The van der Waals surface area contributed by atoms with Crippen LogP contribution in [0.25, 0.3) is 0 Å². The molecule has 0 aromatic heterocycles. The number of aliphatic hydroxyl groups excluding tert-OH is 1. The molecule has 6 nitrogen and oxygen atoms in total. The van der Waals surface area contributed by atoms with E-state index in [-0.39, 0.29) is 23.1 Å². The van der Waals surface area contributed by atoms with Gasteiger partial charge in [0, 0.05) is 23.7 Å². The summed E-state index contributed by atoms with van der Waals surface area (Å²) in [6, 6.07) is 4.25. The standard InChI is InChI=1S/C12H15NO5S/c1-8(5-6-14)19-7-9-3-2-4-10(13(17)18)11(9)12(15)16/h2-4,8,14H,5-7H2,1H3,(H,15,16). The second-order valence-electron chi connectivity index (χ2n) is 4.01. The number of benzene rings is 1. The maximum Gasteiger partial charge on any atom is 0.343 e. The zero-order valence-electron chi connectivity index (χ0n) is 10.4. The SMILES string of the molecule is CC(CCO)SCc1cccc([N+](=O)[O-])c1C(=O)O. The van der Waals surface area contributed by atoms with Crippen molar-refractivity contribution in [1.29, 1.82) is 0 Å². The number of nitro groups is 1. The molecule has 1 atom stereocenters. The lowest BCUT2D eigenvalue weighted by Gasteiger charge is -2.11. The molecule has 1 rings (SSSR count). The Kier molecular flexibility index (Phi) is 5.78. The van der Waals surface area contributed by atoms with Gasteiger partial charge in [0.2, 0.25) is 0 Å². The highest BCUT2D eigenvalue weighted by Crippen LogP contribution is 2.27. The van der Waals surface area contributed by atoms with E-state index < -0.39 is 10.9 Å². The first kappa shape index (κ1) is 15.5. The molecule has 0 fully saturated rings. The maximum atomic E-state index is 11.2. The molecule has 0 radical (unpaired) electrons. The van der Waals surface area contributed by atoms with E-state index in [1.165, 1.54) is 23.9 Å². The van der Waals surface area contributed by atoms with Gasteiger partial charge in [-0.05, 0) is 12.0 Å². The molecule has 0 aliphatic rings. The molecule has 0 saturated carbocycles. The minimum Gasteiger partial charge on any atom is -0.477 e. The van der Waals surface area contributed by atoms with Crippen LogP contribution in [-0.4, -0.2) is 33.0 Å². The molecule has 0 heterocycles. The van der Waals surface area contributed by atoms with Gasteiger partial charge in [0.05, 0.1) is 4.92 Å². The van der Waals surface area contributed by atoms with Crippen molar-refractivity contribution in [3.8, 4) is 0 Å². The third-order valence-electron chi connectivity index (χ3n) is 2.60. The van der Waals surface area contributed by atoms with E-state index in [1.54, 1.807) is 6.07 Å². The molecule has 7 heteroatoms. The monoisotopic (exact) mass is 285 g/mol. The number of nitro benzene ring substituents is 1. The minimum absolute atomic E-state index is 0.0644. The number of rotatable bonds is 7. The molecule has 1 unspecified atom stereocenters. The Morgan fingerprint density at radius 1 is 1.53 bits per heavy atom. The number of hydrogen-bond donors (Lipinski definition) is 2. The zero-order chi connectivity index (χ0) is 14.4. The molecular weight excluding hydrogens is 270 g/mol. The van der Waals surface area contributed by atoms with Gasteiger partial charge in [-0.15, -0.1) is 0 Å². The Balaban J connectivity index is 2.97. The maximum absolute atomic E-state index is 11.2. The Hall–Kier alpha value is -1.60. The molecule has 2 N–H and O–H groups in total. The van der Waals surface area contributed by atoms with E-state index in [2.05, 4.69) is 0 Å². The number of nitrogens with zero attached hydrogens (tertiary/aromatic N) is 1. The summed E-state index contributed by atoms with van der Waals surface area (Å²) in [5, 5.41) is 28.9. The molecule has 19 heavy (non-hydrogen) atoms. The summed E-state index contributed by atoms with van der Waals surface area (Å²) in [6.07, 6.45) is 0.599. The van der Waals surface area contributed by atoms with Crippen LogP contribution in [0.1, 0.15) is 29.3 Å². The van der Waals surface area contributed by atoms with Crippen LogP contribution in [0.5, 0.6) is 0 Å². The molecule has 1 aromatic carbocycles. The molecule has 0 saturated heterocycles. The van der Waals surface area contributed by atoms with Crippen LogP contribution in [-0.2, 0) is 5.75 Å². The number of hydrogen-bond acceptors (Lipinski definition) is 5. The van der Waals surface area contributed by atoms with Crippen molar-refractivity contribution in [3.63, 3.8) is 0 Å². The fourth-order valence-electron chi connectivity index (χ4n) is 1.60. The lowest BCUT2D eigenvalue weighted by molar-refractivity contribution is -0.385. The third-order valence-corrected chi connectivity index (χ3v) is 3.88. The minimum atomic E-state index is -1.29. The quantitative estimate of drug-likeness (QED) is 0.589. The third kappa shape index (κ3) is 4.22. The second kappa shape index (κ2) is 7.10. The Labute approximate surface area is 114 Å². The average Bonchev–Trinajstić information content (AvgIpc) is 2.35. The van der Waals surface area contributed by atoms with E-state index >= 15 is 0 Å². The van der Waals surface area contributed by atoms with Crippen molar-refractivity contribution in [3.05, 3.63) is 39.4 Å². The summed E-state index contributed by atoms with van der Waals surface area (Å²) in [5.41, 5.74) is -0.215. The summed E-state index contributed by atoms with van der Waals surface area (Å²) in [5.74, 6) is -0.928. The van der Waals surface area contributed by atoms with Crippen LogP contribution in [0.15, 0.2) is 18.2 Å². The predicted molar refractivity (Wildman–Crippen MR) is 72.5 cm³/mol. The summed E-state index contributed by atoms with van der Waals surface area (Å²) in [7, 11) is 0. The lowest BCUT2D eigenvalue weighted by atomic mass is 10.1. The van der Waals surface area contributed by atoms with E-state index in [9.17, 15) is 14.9 Å². The fourth-order valence-corrected chi connectivity index (χ4v) is 2.58. The lowest BCUT2D eigenvalue weighted by Crippen LogP contribution is -2.08. The van der Waals surface area contributed by atoms with Crippen molar-refractivity contribution < 1.29 is 19.9 Å². The molecule has 0 bridgehead atoms. The van der Waals surface area contributed by atoms with Crippen molar-refractivity contribution in [2.75, 3.05) is 6.61 Å². The summed E-state index contributed by atoms with van der Waals surface area (Å²) < 4.78 is 0. The highest BCUT2D eigenvalue weighted by molar-refractivity contribution is 7.99. The molecule has 1 aromatic rings. The van der Waals surface area contributed by atoms with Gasteiger partial charge >= 0.3 is 5.97 Å². The smallest absolute Gasteiger partial charge is 0.343 e. The molecule has 0 spiro atoms. The second-order valence-corrected chi connectivity index (χ2v) is 5.43. The molecule has 104 valence electrons. The van der Waals surface area contributed by atoms with Crippen LogP contribution in [0.2, 0.25) is 0 Å². The first-order valence-corrected chi connectivity index (χ1v) is 6.74. The van der Waals surface area contributed by atoms with Gasteiger partial charge in [0.1, 0.15) is 5.56 Å². The highest BCUT2D eigenvalue weighted by Gasteiger charge is 2.23. The molecule has 0 aliphatic heterocycles. The van der Waals surface area contributed by atoms with Crippen LogP contribution in [0, 0.1) is 10.1 Å². The first-order valence-electron chi connectivity index (χ1n) is 5.69. The number of aromatic carboxylic acids is 1. The summed E-state index contributed by atoms with van der Waals surface area (Å²) in [6.45, 7) is 1.98. The van der Waals surface area contributed by atoms with Crippen LogP contribution < -0.4 is 0 Å². The average molecular weight is 285 g/mol. The van der Waals surface area contributed by atoms with Crippen LogP contribution in [0.4, 0.5) is 5.69 Å². The molecule has 0 aliphatic carbocycles. The number of carboxylic acid groups (broad SMARTS) is 1.